The number of nitrogens with zero attached hydrogens (tertiary/aromatic N) is 1. The molecule has 1 aliphatic heterocycles. The molecule has 1 aliphatic rings. The Hall–Kier alpha value is -1.17. The van der Waals surface area contributed by atoms with E-state index in [1.807, 2.05) is 0 Å². The van der Waals surface area contributed by atoms with Crippen molar-refractivity contribution in [2.24, 2.45) is 0 Å². The third-order valence-electron chi connectivity index (χ3n) is 2.54. The number of ether oxygens (including phenoxy) is 1. The second-order valence-corrected chi connectivity index (χ2v) is 3.60. The van der Waals surface area contributed by atoms with Gasteiger partial charge in [0.1, 0.15) is 12.3 Å². The first-order chi connectivity index (χ1) is 7.20. The van der Waals surface area contributed by atoms with Gasteiger partial charge >= 0.3 is 0 Å². The maximum Gasteiger partial charge on any atom is 0.181 e. The van der Waals surface area contributed by atoms with Gasteiger partial charge in [-0.3, -0.25) is 4.79 Å². The van der Waals surface area contributed by atoms with Crippen LogP contribution in [-0.2, 0) is 4.74 Å². The van der Waals surface area contributed by atoms with Gasteiger partial charge in [0.2, 0.25) is 0 Å². The minimum Gasteiger partial charge on any atom is -0.394 e. The average Bonchev–Trinajstić information content (AvgIpc) is 2.61. The summed E-state index contributed by atoms with van der Waals surface area (Å²) in [5.74, 6) is 0. The summed E-state index contributed by atoms with van der Waals surface area (Å²) >= 11 is 0. The molecule has 5 nitrogen and oxygen atoms in total. The second-order valence-electron chi connectivity index (χ2n) is 3.60. The summed E-state index contributed by atoms with van der Waals surface area (Å²) < 4.78 is 7.12. The zero-order valence-electron chi connectivity index (χ0n) is 8.11. The summed E-state index contributed by atoms with van der Waals surface area (Å²) in [6, 6.07) is 2.87. The van der Waals surface area contributed by atoms with Gasteiger partial charge in [0.25, 0.3) is 0 Å². The quantitative estimate of drug-likeness (QED) is 0.691. The van der Waals surface area contributed by atoms with Crippen LogP contribution in [-0.4, -0.2) is 33.6 Å². The van der Waals surface area contributed by atoms with Crippen molar-refractivity contribution >= 4 is 0 Å². The minimum absolute atomic E-state index is 0.0662. The molecule has 15 heavy (non-hydrogen) atoms. The standard InChI is InChI=1S/C10H13NO4/c12-6-9-8(14)5-10(15-9)11-3-1-7(13)2-4-11/h1-4,8-10,12,14H,5-6H2. The fourth-order valence-corrected chi connectivity index (χ4v) is 1.68. The molecule has 1 fully saturated rings. The molecule has 0 radical (unpaired) electrons. The third kappa shape index (κ3) is 2.09. The van der Waals surface area contributed by atoms with E-state index >= 15 is 0 Å². The molecule has 3 atom stereocenters. The van der Waals surface area contributed by atoms with E-state index in [2.05, 4.69) is 0 Å². The Labute approximate surface area is 86.5 Å². The molecule has 0 saturated carbocycles. The van der Waals surface area contributed by atoms with Crippen LogP contribution in [0.1, 0.15) is 12.6 Å². The van der Waals surface area contributed by atoms with Gasteiger partial charge in [-0.2, -0.15) is 0 Å². The fraction of sp³-hybridized carbons (Fsp3) is 0.500. The van der Waals surface area contributed by atoms with Crippen molar-refractivity contribution in [3.05, 3.63) is 34.7 Å². The number of aromatic nitrogens is 1. The highest BCUT2D eigenvalue weighted by Crippen LogP contribution is 2.27. The maximum atomic E-state index is 10.9. The Bertz CT molecular complexity index is 369. The Morgan fingerprint density at radius 2 is 2.13 bits per heavy atom. The van der Waals surface area contributed by atoms with E-state index in [1.165, 1.54) is 12.1 Å². The highest BCUT2D eigenvalue weighted by Gasteiger charge is 2.33. The van der Waals surface area contributed by atoms with Gasteiger partial charge in [0.05, 0.1) is 12.7 Å². The lowest BCUT2D eigenvalue weighted by Gasteiger charge is -2.14. The third-order valence-corrected chi connectivity index (χ3v) is 2.54. The maximum absolute atomic E-state index is 10.9. The van der Waals surface area contributed by atoms with Gasteiger partial charge in [-0.25, -0.2) is 0 Å². The molecule has 2 N–H and O–H groups in total. The Morgan fingerprint density at radius 1 is 1.47 bits per heavy atom. The highest BCUT2D eigenvalue weighted by atomic mass is 16.5. The van der Waals surface area contributed by atoms with E-state index < -0.39 is 12.2 Å². The lowest BCUT2D eigenvalue weighted by molar-refractivity contribution is -0.0445. The highest BCUT2D eigenvalue weighted by molar-refractivity contribution is 4.96. The second kappa shape index (κ2) is 4.14. The fourth-order valence-electron chi connectivity index (χ4n) is 1.68. The monoisotopic (exact) mass is 211 g/mol. The van der Waals surface area contributed by atoms with Crippen LogP contribution >= 0.6 is 0 Å². The van der Waals surface area contributed by atoms with E-state index in [0.29, 0.717) is 6.42 Å². The van der Waals surface area contributed by atoms with E-state index in [4.69, 9.17) is 9.84 Å². The zero-order chi connectivity index (χ0) is 10.8. The van der Waals surface area contributed by atoms with Crippen LogP contribution in [0.4, 0.5) is 0 Å². The van der Waals surface area contributed by atoms with Gasteiger partial charge in [0, 0.05) is 30.9 Å². The smallest absolute Gasteiger partial charge is 0.181 e. The molecule has 1 aromatic heterocycles. The molecule has 82 valence electrons. The van der Waals surface area contributed by atoms with Crippen molar-refractivity contribution in [3.63, 3.8) is 0 Å². The van der Waals surface area contributed by atoms with Crippen molar-refractivity contribution < 1.29 is 14.9 Å². The average molecular weight is 211 g/mol. The summed E-state index contributed by atoms with van der Waals surface area (Å²) in [5.41, 5.74) is -0.0662. The summed E-state index contributed by atoms with van der Waals surface area (Å²) in [6.07, 6.45) is 2.15. The largest absolute Gasteiger partial charge is 0.394 e. The van der Waals surface area contributed by atoms with Crippen LogP contribution < -0.4 is 5.43 Å². The number of hydrogen-bond donors (Lipinski definition) is 2. The predicted octanol–water partition coefficient (Wildman–Crippen LogP) is -0.511. The first kappa shape index (κ1) is 10.4. The molecule has 1 aromatic rings. The normalized spacial score (nSPS) is 30.7. The number of hydrogen-bond acceptors (Lipinski definition) is 4. The molecule has 2 rings (SSSR count). The number of aliphatic hydroxyl groups is 2. The predicted molar refractivity (Wildman–Crippen MR) is 52.3 cm³/mol. The molecular formula is C10H13NO4. The number of aliphatic hydroxyl groups excluding tert-OH is 2. The van der Waals surface area contributed by atoms with E-state index in [9.17, 15) is 9.90 Å². The van der Waals surface area contributed by atoms with E-state index in [-0.39, 0.29) is 18.3 Å². The lowest BCUT2D eigenvalue weighted by atomic mass is 10.2. The number of pyridine rings is 1. The van der Waals surface area contributed by atoms with Gasteiger partial charge in [-0.1, -0.05) is 0 Å². The van der Waals surface area contributed by atoms with Crippen LogP contribution in [0.15, 0.2) is 29.3 Å². The summed E-state index contributed by atoms with van der Waals surface area (Å²) in [4.78, 5) is 10.9. The van der Waals surface area contributed by atoms with Gasteiger partial charge in [-0.15, -0.1) is 0 Å². The van der Waals surface area contributed by atoms with Crippen molar-refractivity contribution in [3.8, 4) is 0 Å². The Morgan fingerprint density at radius 3 is 2.67 bits per heavy atom. The molecule has 0 amide bonds. The molecule has 0 aliphatic carbocycles. The van der Waals surface area contributed by atoms with Gasteiger partial charge in [-0.05, 0) is 0 Å². The van der Waals surface area contributed by atoms with Crippen molar-refractivity contribution in [2.45, 2.75) is 24.9 Å². The van der Waals surface area contributed by atoms with Crippen LogP contribution in [0.2, 0.25) is 0 Å². The van der Waals surface area contributed by atoms with Crippen molar-refractivity contribution in [1.29, 1.82) is 0 Å². The Balaban J connectivity index is 2.13. The van der Waals surface area contributed by atoms with Crippen LogP contribution in [0.3, 0.4) is 0 Å². The first-order valence-corrected chi connectivity index (χ1v) is 4.83. The molecular weight excluding hydrogens is 198 g/mol. The van der Waals surface area contributed by atoms with Crippen LogP contribution in [0.5, 0.6) is 0 Å². The van der Waals surface area contributed by atoms with E-state index in [1.54, 1.807) is 17.0 Å². The topological polar surface area (TPSA) is 71.7 Å². The van der Waals surface area contributed by atoms with Crippen molar-refractivity contribution in [2.75, 3.05) is 6.61 Å². The molecule has 1 saturated heterocycles. The summed E-state index contributed by atoms with van der Waals surface area (Å²) in [5, 5.41) is 18.4. The molecule has 0 aromatic carbocycles. The zero-order valence-corrected chi connectivity index (χ0v) is 8.11. The molecule has 3 unspecified atom stereocenters. The van der Waals surface area contributed by atoms with Crippen LogP contribution in [0, 0.1) is 0 Å². The van der Waals surface area contributed by atoms with E-state index in [0.717, 1.165) is 0 Å². The molecule has 0 spiro atoms. The van der Waals surface area contributed by atoms with Crippen molar-refractivity contribution in [1.82, 2.24) is 4.57 Å². The van der Waals surface area contributed by atoms with Crippen LogP contribution in [0.25, 0.3) is 0 Å². The van der Waals surface area contributed by atoms with Gasteiger partial charge in [0.15, 0.2) is 5.43 Å². The SMILES string of the molecule is O=c1ccn(C2CC(O)C(CO)O2)cc1. The Kier molecular flexibility index (Phi) is 2.86. The first-order valence-electron chi connectivity index (χ1n) is 4.83. The summed E-state index contributed by atoms with van der Waals surface area (Å²) in [6.45, 7) is -0.197. The summed E-state index contributed by atoms with van der Waals surface area (Å²) in [7, 11) is 0. The molecule has 2 heterocycles. The minimum atomic E-state index is -0.653. The lowest BCUT2D eigenvalue weighted by Crippen LogP contribution is -2.24. The molecule has 5 heteroatoms. The molecule has 0 bridgehead atoms. The van der Waals surface area contributed by atoms with Gasteiger partial charge < -0.3 is 19.5 Å². The number of rotatable bonds is 2.